The van der Waals surface area contributed by atoms with Gasteiger partial charge in [0.15, 0.2) is 0 Å². The van der Waals surface area contributed by atoms with E-state index in [-0.39, 0.29) is 0 Å². The molecule has 0 heterocycles. The lowest BCUT2D eigenvalue weighted by molar-refractivity contribution is 1.26. The Hall–Kier alpha value is -13.5. The van der Waals surface area contributed by atoms with Crippen molar-refractivity contribution in [2.24, 2.45) is 0 Å². The van der Waals surface area contributed by atoms with Crippen LogP contribution in [0.3, 0.4) is 0 Å². The van der Waals surface area contributed by atoms with E-state index in [0.717, 1.165) is 90.5 Å². The second-order valence-corrected chi connectivity index (χ2v) is 25.7. The van der Waals surface area contributed by atoms with E-state index in [0.29, 0.717) is 0 Å². The molecule has 0 N–H and O–H groups in total. The summed E-state index contributed by atoms with van der Waals surface area (Å²) in [4.78, 5) is 9.39. The van der Waals surface area contributed by atoms with E-state index in [4.69, 9.17) is 0 Å². The van der Waals surface area contributed by atoms with Crippen molar-refractivity contribution in [1.82, 2.24) is 0 Å². The smallest absolute Gasteiger partial charge is 0.0540 e. The van der Waals surface area contributed by atoms with Gasteiger partial charge in [0.1, 0.15) is 0 Å². The number of fused-ring (bicyclic) bond motifs is 2. The van der Waals surface area contributed by atoms with Crippen molar-refractivity contribution in [3.8, 4) is 66.8 Å². The molecule has 17 rings (SSSR count). The average Bonchev–Trinajstić information content (AvgIpc) is 0.789. The maximum absolute atomic E-state index is 2.36. The van der Waals surface area contributed by atoms with Crippen LogP contribution in [0.4, 0.5) is 68.2 Å². The molecule has 4 nitrogen and oxygen atoms in total. The standard InChI is InChI=1S/C98H70N4/c1-5-19-71(20-6-1)76-43-52-88(53-44-76)99(92-61-63-94(64-62-92)101(86-29-9-3-10-30-86)96-60-51-73-23-13-14-25-85(73)70-96)90-56-47-78(48-57-90)74-35-39-80(40-36-74)83-27-17-28-84(69-83)81-41-37-75(38-42-81)79-49-58-91(59-50-79)100(89-54-45-77(46-55-89)72-21-7-2-8-22-72)93-65-67-95(68-66-93)102(87-31-11-4-12-32-87)98-34-18-26-82-24-15-16-33-97(82)98/h1-70H. The Morgan fingerprint density at radius 3 is 0.755 bits per heavy atom. The summed E-state index contributed by atoms with van der Waals surface area (Å²) in [7, 11) is 0. The Bertz CT molecular complexity index is 5670. The minimum absolute atomic E-state index is 1.06. The van der Waals surface area contributed by atoms with E-state index in [1.807, 2.05) is 0 Å². The first kappa shape index (κ1) is 62.0. The number of nitrogens with zero attached hydrogens (tertiary/aromatic N) is 4. The molecule has 0 amide bonds. The van der Waals surface area contributed by atoms with Gasteiger partial charge in [0.05, 0.1) is 5.69 Å². The Kier molecular flexibility index (Phi) is 17.1. The monoisotopic (exact) mass is 1300 g/mol. The third-order valence-corrected chi connectivity index (χ3v) is 19.4. The first-order chi connectivity index (χ1) is 50.5. The van der Waals surface area contributed by atoms with Crippen molar-refractivity contribution in [2.75, 3.05) is 19.6 Å². The number of rotatable bonds is 18. The Balaban J connectivity index is 0.614. The summed E-state index contributed by atoms with van der Waals surface area (Å²) in [6.07, 6.45) is 0. The number of hydrogen-bond donors (Lipinski definition) is 0. The normalized spacial score (nSPS) is 11.1. The van der Waals surface area contributed by atoms with Crippen molar-refractivity contribution < 1.29 is 0 Å². The highest BCUT2D eigenvalue weighted by atomic mass is 15.2. The fraction of sp³-hybridized carbons (Fsp3) is 0. The molecule has 482 valence electrons. The lowest BCUT2D eigenvalue weighted by Crippen LogP contribution is -2.12. The maximum Gasteiger partial charge on any atom is 0.0540 e. The molecular weight excluding hydrogens is 1230 g/mol. The fourth-order valence-corrected chi connectivity index (χ4v) is 14.2. The molecule has 0 spiro atoms. The molecule has 0 aliphatic carbocycles. The summed E-state index contributed by atoms with van der Waals surface area (Å²) < 4.78 is 0. The first-order valence-corrected chi connectivity index (χ1v) is 34.9. The zero-order chi connectivity index (χ0) is 68.0. The third-order valence-electron chi connectivity index (χ3n) is 19.4. The van der Waals surface area contributed by atoms with E-state index in [1.54, 1.807) is 0 Å². The summed E-state index contributed by atoms with van der Waals surface area (Å²) in [6.45, 7) is 0. The van der Waals surface area contributed by atoms with Gasteiger partial charge in [-0.3, -0.25) is 0 Å². The van der Waals surface area contributed by atoms with Crippen LogP contribution in [0.1, 0.15) is 0 Å². The molecule has 0 aliphatic rings. The van der Waals surface area contributed by atoms with Crippen molar-refractivity contribution in [2.45, 2.75) is 0 Å². The molecular formula is C98H70N4. The Morgan fingerprint density at radius 2 is 0.353 bits per heavy atom. The van der Waals surface area contributed by atoms with Gasteiger partial charge in [-0.25, -0.2) is 0 Å². The molecule has 102 heavy (non-hydrogen) atoms. The largest absolute Gasteiger partial charge is 0.311 e. The minimum Gasteiger partial charge on any atom is -0.311 e. The molecule has 17 aromatic rings. The van der Waals surface area contributed by atoms with Gasteiger partial charge >= 0.3 is 0 Å². The van der Waals surface area contributed by atoms with Crippen LogP contribution in [-0.2, 0) is 0 Å². The lowest BCUT2D eigenvalue weighted by Gasteiger charge is -2.29. The van der Waals surface area contributed by atoms with Crippen LogP contribution in [0.15, 0.2) is 425 Å². The topological polar surface area (TPSA) is 13.0 Å². The molecule has 0 unspecified atom stereocenters. The molecule has 0 saturated carbocycles. The summed E-state index contributed by atoms with van der Waals surface area (Å²) in [5.41, 5.74) is 27.0. The molecule has 0 aromatic heterocycles. The predicted octanol–water partition coefficient (Wildman–Crippen LogP) is 27.9. The van der Waals surface area contributed by atoms with Gasteiger partial charge in [-0.1, -0.05) is 279 Å². The van der Waals surface area contributed by atoms with Gasteiger partial charge in [0, 0.05) is 67.9 Å². The second kappa shape index (κ2) is 28.1. The Morgan fingerprint density at radius 1 is 0.118 bits per heavy atom. The van der Waals surface area contributed by atoms with E-state index >= 15 is 0 Å². The van der Waals surface area contributed by atoms with Crippen LogP contribution in [-0.4, -0.2) is 0 Å². The molecule has 0 fully saturated rings. The predicted molar refractivity (Wildman–Crippen MR) is 433 cm³/mol. The highest BCUT2D eigenvalue weighted by Crippen LogP contribution is 2.45. The number of hydrogen-bond acceptors (Lipinski definition) is 4. The van der Waals surface area contributed by atoms with Gasteiger partial charge in [0.25, 0.3) is 0 Å². The van der Waals surface area contributed by atoms with Gasteiger partial charge in [-0.15, -0.1) is 0 Å². The lowest BCUT2D eigenvalue weighted by atomic mass is 9.96. The summed E-state index contributed by atoms with van der Waals surface area (Å²) in [5.74, 6) is 0. The van der Waals surface area contributed by atoms with Crippen molar-refractivity contribution in [1.29, 1.82) is 0 Å². The van der Waals surface area contributed by atoms with Crippen LogP contribution in [0.25, 0.3) is 88.3 Å². The van der Waals surface area contributed by atoms with Crippen LogP contribution < -0.4 is 19.6 Å². The minimum atomic E-state index is 1.06. The van der Waals surface area contributed by atoms with Crippen LogP contribution in [0, 0.1) is 0 Å². The maximum atomic E-state index is 2.36. The number of para-hydroxylation sites is 2. The SMILES string of the molecule is c1ccc(-c2ccc(N(c3ccc(-c4ccc(-c5cccc(-c6ccc(-c7ccc(N(c8ccc(-c9ccccc9)cc8)c8ccc(N(c9ccccc9)c9cccc%10ccccc9%10)cc8)cc7)cc6)c5)cc4)cc3)c3ccc(N(c4ccccc4)c4ccc5ccccc5c4)cc3)cc2)cc1. The highest BCUT2D eigenvalue weighted by molar-refractivity contribution is 5.99. The van der Waals surface area contributed by atoms with Gasteiger partial charge in [-0.2, -0.15) is 0 Å². The summed E-state index contributed by atoms with van der Waals surface area (Å²) >= 11 is 0. The zero-order valence-electron chi connectivity index (χ0n) is 56.2. The molecule has 0 radical (unpaired) electrons. The van der Waals surface area contributed by atoms with Gasteiger partial charge < -0.3 is 19.6 Å². The van der Waals surface area contributed by atoms with Crippen LogP contribution in [0.5, 0.6) is 0 Å². The molecule has 0 atom stereocenters. The molecule has 0 saturated heterocycles. The van der Waals surface area contributed by atoms with E-state index in [2.05, 4.69) is 444 Å². The highest BCUT2D eigenvalue weighted by Gasteiger charge is 2.21. The average molecular weight is 1300 g/mol. The van der Waals surface area contributed by atoms with Crippen LogP contribution in [0.2, 0.25) is 0 Å². The summed E-state index contributed by atoms with van der Waals surface area (Å²) in [6, 6.07) is 153. The van der Waals surface area contributed by atoms with Crippen molar-refractivity contribution in [3.63, 3.8) is 0 Å². The Labute approximate surface area is 597 Å². The van der Waals surface area contributed by atoms with Crippen molar-refractivity contribution >= 4 is 89.8 Å². The van der Waals surface area contributed by atoms with E-state index in [1.165, 1.54) is 66.1 Å². The number of anilines is 12. The first-order valence-electron chi connectivity index (χ1n) is 34.9. The molecule has 0 aliphatic heterocycles. The van der Waals surface area contributed by atoms with Gasteiger partial charge in [0.2, 0.25) is 0 Å². The number of benzene rings is 17. The third kappa shape index (κ3) is 12.9. The molecule has 17 aromatic carbocycles. The van der Waals surface area contributed by atoms with Crippen molar-refractivity contribution in [3.05, 3.63) is 425 Å². The van der Waals surface area contributed by atoms with Crippen LogP contribution >= 0.6 is 0 Å². The van der Waals surface area contributed by atoms with Gasteiger partial charge in [-0.05, 0) is 229 Å². The summed E-state index contributed by atoms with van der Waals surface area (Å²) in [5, 5.41) is 4.83. The van der Waals surface area contributed by atoms with E-state index in [9.17, 15) is 0 Å². The second-order valence-electron chi connectivity index (χ2n) is 25.7. The fourth-order valence-electron chi connectivity index (χ4n) is 14.2. The molecule has 0 bridgehead atoms. The molecule has 4 heteroatoms. The quantitative estimate of drug-likeness (QED) is 0.0849. The van der Waals surface area contributed by atoms with E-state index < -0.39 is 0 Å². The zero-order valence-corrected chi connectivity index (χ0v) is 56.2.